The van der Waals surface area contributed by atoms with Crippen LogP contribution in [0.25, 0.3) is 0 Å². The van der Waals surface area contributed by atoms with Crippen molar-refractivity contribution in [3.8, 4) is 0 Å². The summed E-state index contributed by atoms with van der Waals surface area (Å²) in [5.41, 5.74) is -1.51. The summed E-state index contributed by atoms with van der Waals surface area (Å²) in [6.45, 7) is 1.78. The van der Waals surface area contributed by atoms with Gasteiger partial charge >= 0.3 is 5.97 Å². The SMILES string of the molecule is CCC(O)(C(=O)O)C1CCCCCCCCCCC1. The molecule has 0 aliphatic heterocycles. The van der Waals surface area contributed by atoms with Crippen LogP contribution in [-0.2, 0) is 4.79 Å². The molecule has 0 heterocycles. The summed E-state index contributed by atoms with van der Waals surface area (Å²) >= 11 is 0. The van der Waals surface area contributed by atoms with E-state index in [0.717, 1.165) is 25.7 Å². The van der Waals surface area contributed by atoms with Gasteiger partial charge in [0.15, 0.2) is 5.60 Å². The third-order valence-corrected chi connectivity index (χ3v) is 4.69. The first-order chi connectivity index (χ1) is 9.11. The van der Waals surface area contributed by atoms with Gasteiger partial charge in [-0.25, -0.2) is 4.79 Å². The maximum absolute atomic E-state index is 11.4. The molecule has 1 aliphatic carbocycles. The zero-order chi connectivity index (χ0) is 14.1. The van der Waals surface area contributed by atoms with E-state index in [9.17, 15) is 15.0 Å². The first kappa shape index (κ1) is 16.5. The molecule has 1 saturated carbocycles. The van der Waals surface area contributed by atoms with E-state index < -0.39 is 11.6 Å². The average Bonchev–Trinajstić information content (AvgIpc) is 2.38. The molecule has 2 N–H and O–H groups in total. The van der Waals surface area contributed by atoms with Crippen molar-refractivity contribution in [2.75, 3.05) is 0 Å². The molecule has 0 bridgehead atoms. The van der Waals surface area contributed by atoms with Crippen LogP contribution in [0.2, 0.25) is 0 Å². The van der Waals surface area contributed by atoms with E-state index >= 15 is 0 Å². The Balaban J connectivity index is 2.62. The highest BCUT2D eigenvalue weighted by atomic mass is 16.4. The molecule has 0 amide bonds. The lowest BCUT2D eigenvalue weighted by Crippen LogP contribution is -2.45. The smallest absolute Gasteiger partial charge is 0.335 e. The third-order valence-electron chi connectivity index (χ3n) is 4.69. The summed E-state index contributed by atoms with van der Waals surface area (Å²) in [4.78, 5) is 11.4. The average molecular weight is 270 g/mol. The van der Waals surface area contributed by atoms with Crippen LogP contribution in [0, 0.1) is 5.92 Å². The fourth-order valence-electron chi connectivity index (χ4n) is 3.26. The molecule has 1 fully saturated rings. The second kappa shape index (κ2) is 8.57. The highest BCUT2D eigenvalue weighted by molar-refractivity contribution is 5.77. The molecule has 0 aromatic heterocycles. The summed E-state index contributed by atoms with van der Waals surface area (Å²) in [5, 5.41) is 19.8. The lowest BCUT2D eigenvalue weighted by atomic mass is 9.78. The van der Waals surface area contributed by atoms with Crippen LogP contribution in [0.5, 0.6) is 0 Å². The van der Waals surface area contributed by atoms with Gasteiger partial charge in [0, 0.05) is 0 Å². The lowest BCUT2D eigenvalue weighted by Gasteiger charge is -2.32. The highest BCUT2D eigenvalue weighted by Crippen LogP contribution is 2.32. The maximum atomic E-state index is 11.4. The van der Waals surface area contributed by atoms with Crippen molar-refractivity contribution in [1.29, 1.82) is 0 Å². The van der Waals surface area contributed by atoms with Crippen LogP contribution in [-0.4, -0.2) is 21.8 Å². The minimum Gasteiger partial charge on any atom is -0.479 e. The van der Waals surface area contributed by atoms with Crippen LogP contribution < -0.4 is 0 Å². The van der Waals surface area contributed by atoms with Gasteiger partial charge in [-0.1, -0.05) is 64.7 Å². The van der Waals surface area contributed by atoms with Crippen LogP contribution in [0.15, 0.2) is 0 Å². The van der Waals surface area contributed by atoms with E-state index in [-0.39, 0.29) is 5.92 Å². The standard InChI is InChI=1S/C16H30O3/c1-2-16(19,15(17)18)14-12-10-8-6-4-3-5-7-9-11-13-14/h14,19H,2-13H2,1H3,(H,17,18). The van der Waals surface area contributed by atoms with Crippen molar-refractivity contribution in [3.05, 3.63) is 0 Å². The normalized spacial score (nSPS) is 23.9. The molecule has 3 nitrogen and oxygen atoms in total. The number of carbonyl (C=O) groups is 1. The van der Waals surface area contributed by atoms with E-state index in [1.165, 1.54) is 44.9 Å². The molecule has 112 valence electrons. The van der Waals surface area contributed by atoms with Crippen molar-refractivity contribution in [2.24, 2.45) is 5.92 Å². The fourth-order valence-corrected chi connectivity index (χ4v) is 3.26. The Kier molecular flexibility index (Phi) is 7.44. The summed E-state index contributed by atoms with van der Waals surface area (Å²) < 4.78 is 0. The van der Waals surface area contributed by atoms with Crippen molar-refractivity contribution in [1.82, 2.24) is 0 Å². The Labute approximate surface area is 117 Å². The lowest BCUT2D eigenvalue weighted by molar-refractivity contribution is -0.166. The first-order valence-electron chi connectivity index (χ1n) is 8.07. The molecule has 1 unspecified atom stereocenters. The summed E-state index contributed by atoms with van der Waals surface area (Å²) in [6.07, 6.45) is 13.0. The van der Waals surface area contributed by atoms with Crippen molar-refractivity contribution in [3.63, 3.8) is 0 Å². The molecule has 0 aromatic rings. The van der Waals surface area contributed by atoms with Gasteiger partial charge < -0.3 is 10.2 Å². The van der Waals surface area contributed by atoms with Crippen molar-refractivity contribution < 1.29 is 15.0 Å². The maximum Gasteiger partial charge on any atom is 0.335 e. The highest BCUT2D eigenvalue weighted by Gasteiger charge is 2.41. The Bertz CT molecular complexity index is 253. The molecule has 1 aliphatic rings. The Morgan fingerprint density at radius 1 is 0.947 bits per heavy atom. The van der Waals surface area contributed by atoms with Gasteiger partial charge in [-0.05, 0) is 25.2 Å². The van der Waals surface area contributed by atoms with Gasteiger partial charge in [-0.3, -0.25) is 0 Å². The largest absolute Gasteiger partial charge is 0.479 e. The fraction of sp³-hybridized carbons (Fsp3) is 0.938. The number of hydrogen-bond acceptors (Lipinski definition) is 2. The summed E-state index contributed by atoms with van der Waals surface area (Å²) in [6, 6.07) is 0. The monoisotopic (exact) mass is 270 g/mol. The van der Waals surface area contributed by atoms with E-state index in [1.807, 2.05) is 0 Å². The quantitative estimate of drug-likeness (QED) is 0.810. The van der Waals surface area contributed by atoms with E-state index in [4.69, 9.17) is 0 Å². The topological polar surface area (TPSA) is 57.5 Å². The molecular weight excluding hydrogens is 240 g/mol. The Hall–Kier alpha value is -0.570. The number of carboxylic acid groups (broad SMARTS) is 1. The van der Waals surface area contributed by atoms with Gasteiger partial charge in [0.2, 0.25) is 0 Å². The van der Waals surface area contributed by atoms with Gasteiger partial charge in [-0.2, -0.15) is 0 Å². The first-order valence-corrected chi connectivity index (χ1v) is 8.07. The number of aliphatic hydroxyl groups is 1. The molecule has 0 radical (unpaired) electrons. The predicted molar refractivity (Wildman–Crippen MR) is 77.2 cm³/mol. The van der Waals surface area contributed by atoms with Gasteiger partial charge in [0.25, 0.3) is 0 Å². The van der Waals surface area contributed by atoms with Gasteiger partial charge in [0.1, 0.15) is 0 Å². The number of carboxylic acids is 1. The van der Waals surface area contributed by atoms with Crippen molar-refractivity contribution in [2.45, 2.75) is 89.6 Å². The van der Waals surface area contributed by atoms with Crippen LogP contribution >= 0.6 is 0 Å². The summed E-state index contributed by atoms with van der Waals surface area (Å²) in [7, 11) is 0. The summed E-state index contributed by atoms with van der Waals surface area (Å²) in [5.74, 6) is -1.11. The minimum absolute atomic E-state index is 0.0746. The van der Waals surface area contributed by atoms with Gasteiger partial charge in [0.05, 0.1) is 0 Å². The molecule has 3 heteroatoms. The van der Waals surface area contributed by atoms with Crippen molar-refractivity contribution >= 4 is 5.97 Å². The van der Waals surface area contributed by atoms with Crippen LogP contribution in [0.3, 0.4) is 0 Å². The molecule has 0 spiro atoms. The predicted octanol–water partition coefficient (Wildman–Crippen LogP) is 4.13. The second-order valence-electron chi connectivity index (χ2n) is 6.04. The Morgan fingerprint density at radius 3 is 1.63 bits per heavy atom. The zero-order valence-electron chi connectivity index (χ0n) is 12.4. The minimum atomic E-state index is -1.51. The Morgan fingerprint density at radius 2 is 1.32 bits per heavy atom. The van der Waals surface area contributed by atoms with E-state index in [2.05, 4.69) is 0 Å². The molecule has 1 rings (SSSR count). The van der Waals surface area contributed by atoms with E-state index in [0.29, 0.717) is 6.42 Å². The molecule has 19 heavy (non-hydrogen) atoms. The second-order valence-corrected chi connectivity index (χ2v) is 6.04. The van der Waals surface area contributed by atoms with Crippen LogP contribution in [0.4, 0.5) is 0 Å². The van der Waals surface area contributed by atoms with Gasteiger partial charge in [-0.15, -0.1) is 0 Å². The molecule has 1 atom stereocenters. The van der Waals surface area contributed by atoms with Crippen LogP contribution in [0.1, 0.15) is 84.0 Å². The third kappa shape index (κ3) is 5.13. The number of hydrogen-bond donors (Lipinski definition) is 2. The molecular formula is C16H30O3. The molecule has 0 aromatic carbocycles. The zero-order valence-corrected chi connectivity index (χ0v) is 12.4. The molecule has 0 saturated heterocycles. The number of rotatable bonds is 3. The number of aliphatic carboxylic acids is 1. The van der Waals surface area contributed by atoms with E-state index in [1.54, 1.807) is 6.92 Å².